The van der Waals surface area contributed by atoms with Crippen molar-refractivity contribution in [3.63, 3.8) is 0 Å². The van der Waals surface area contributed by atoms with Crippen molar-refractivity contribution < 1.29 is 13.9 Å². The molecule has 2 N–H and O–H groups in total. The van der Waals surface area contributed by atoms with Gasteiger partial charge in [0.1, 0.15) is 17.3 Å². The molecule has 0 saturated heterocycles. The number of carbonyl (C=O) groups excluding carboxylic acids is 1. The lowest BCUT2D eigenvalue weighted by Crippen LogP contribution is -2.12. The van der Waals surface area contributed by atoms with Gasteiger partial charge in [-0.05, 0) is 25.1 Å². The summed E-state index contributed by atoms with van der Waals surface area (Å²) < 4.78 is 18.1. The average molecular weight is 259 g/mol. The number of halogens is 2. The minimum Gasteiger partial charge on any atom is -0.462 e. The number of nitrogens with zero attached hydrogens (tertiary/aromatic N) is 1. The molecule has 92 valence electrons. The largest absolute Gasteiger partial charge is 0.462 e. The van der Waals surface area contributed by atoms with Gasteiger partial charge in [0.05, 0.1) is 18.1 Å². The summed E-state index contributed by atoms with van der Waals surface area (Å²) in [6.45, 7) is 1.94. The number of carbonyl (C=O) groups is 1. The van der Waals surface area contributed by atoms with Crippen LogP contribution in [0.1, 0.15) is 17.3 Å². The number of rotatable bonds is 4. The number of hydrogen-bond acceptors (Lipinski definition) is 3. The highest BCUT2D eigenvalue weighted by Crippen LogP contribution is 2.20. The Kier molecular flexibility index (Phi) is 4.90. The molecule has 0 aliphatic heterocycles. The van der Waals surface area contributed by atoms with Crippen molar-refractivity contribution in [3.8, 4) is 0 Å². The molecule has 1 rings (SSSR count). The molecule has 0 amide bonds. The van der Waals surface area contributed by atoms with Crippen molar-refractivity contribution in [3.05, 3.63) is 29.6 Å². The molecule has 0 unspecified atom stereocenters. The van der Waals surface area contributed by atoms with Crippen molar-refractivity contribution in [2.45, 2.75) is 6.92 Å². The van der Waals surface area contributed by atoms with E-state index in [9.17, 15) is 9.18 Å². The Balaban J connectivity index is 3.06. The van der Waals surface area contributed by atoms with Crippen molar-refractivity contribution >= 4 is 29.1 Å². The number of aliphatic imine (C=N–C) groups is 1. The van der Waals surface area contributed by atoms with Crippen LogP contribution in [0.15, 0.2) is 23.2 Å². The van der Waals surface area contributed by atoms with Gasteiger partial charge in [-0.15, -0.1) is 11.6 Å². The van der Waals surface area contributed by atoms with Crippen LogP contribution in [0.25, 0.3) is 0 Å². The lowest BCUT2D eigenvalue weighted by molar-refractivity contribution is 0.0526. The minimum atomic E-state index is -0.578. The maximum absolute atomic E-state index is 13.4. The van der Waals surface area contributed by atoms with Crippen molar-refractivity contribution in [2.24, 2.45) is 10.7 Å². The Morgan fingerprint density at radius 1 is 1.59 bits per heavy atom. The fourth-order valence-corrected chi connectivity index (χ4v) is 1.18. The van der Waals surface area contributed by atoms with Crippen LogP contribution < -0.4 is 5.73 Å². The van der Waals surface area contributed by atoms with E-state index in [1.807, 2.05) is 0 Å². The summed E-state index contributed by atoms with van der Waals surface area (Å²) in [5.74, 6) is -1.05. The van der Waals surface area contributed by atoms with Gasteiger partial charge >= 0.3 is 5.97 Å². The van der Waals surface area contributed by atoms with E-state index in [1.54, 1.807) is 6.92 Å². The molecule has 1 aromatic rings. The quantitative estimate of drug-likeness (QED) is 0.390. The van der Waals surface area contributed by atoms with E-state index < -0.39 is 11.8 Å². The van der Waals surface area contributed by atoms with E-state index in [2.05, 4.69) is 4.99 Å². The molecule has 0 spiro atoms. The zero-order valence-corrected chi connectivity index (χ0v) is 10.00. The molecule has 6 heteroatoms. The smallest absolute Gasteiger partial charge is 0.338 e. The summed E-state index contributed by atoms with van der Waals surface area (Å²) in [5.41, 5.74) is 5.58. The number of esters is 1. The zero-order valence-electron chi connectivity index (χ0n) is 9.24. The maximum atomic E-state index is 13.4. The topological polar surface area (TPSA) is 64.7 Å². The highest BCUT2D eigenvalue weighted by atomic mass is 35.5. The lowest BCUT2D eigenvalue weighted by Gasteiger charge is -2.04. The highest BCUT2D eigenvalue weighted by Gasteiger charge is 2.10. The molecule has 0 fully saturated rings. The first-order valence-electron chi connectivity index (χ1n) is 4.94. The summed E-state index contributed by atoms with van der Waals surface area (Å²) in [6, 6.07) is 3.72. The fraction of sp³-hybridized carbons (Fsp3) is 0.273. The monoisotopic (exact) mass is 258 g/mol. The minimum absolute atomic E-state index is 0.0108. The standard InChI is InChI=1S/C11H12ClFN2O2/c1-2-17-11(16)7-3-4-8(13)9(5-7)15-10(14)6-12/h3-5H,2,6H2,1H3,(H2,14,15). The van der Waals surface area contributed by atoms with Crippen LogP contribution in [0.3, 0.4) is 0 Å². The van der Waals surface area contributed by atoms with Gasteiger partial charge in [0.25, 0.3) is 0 Å². The number of ether oxygens (including phenoxy) is 1. The normalized spacial score (nSPS) is 11.4. The number of benzene rings is 1. The van der Waals surface area contributed by atoms with Crippen molar-refractivity contribution in [1.82, 2.24) is 0 Å². The molecule has 0 atom stereocenters. The zero-order chi connectivity index (χ0) is 12.8. The fourth-order valence-electron chi connectivity index (χ4n) is 1.12. The second-order valence-electron chi connectivity index (χ2n) is 3.12. The number of alkyl halides is 1. The first-order valence-corrected chi connectivity index (χ1v) is 5.47. The Labute approximate surface area is 103 Å². The molecule has 4 nitrogen and oxygen atoms in total. The lowest BCUT2D eigenvalue weighted by atomic mass is 10.2. The Hall–Kier alpha value is -1.62. The van der Waals surface area contributed by atoms with E-state index in [0.717, 1.165) is 6.07 Å². The third kappa shape index (κ3) is 3.71. The van der Waals surface area contributed by atoms with Gasteiger partial charge in [-0.25, -0.2) is 14.2 Å². The molecular formula is C11H12ClFN2O2. The summed E-state index contributed by atoms with van der Waals surface area (Å²) in [7, 11) is 0. The first kappa shape index (κ1) is 13.4. The molecule has 17 heavy (non-hydrogen) atoms. The third-order valence-electron chi connectivity index (χ3n) is 1.86. The van der Waals surface area contributed by atoms with E-state index in [0.29, 0.717) is 0 Å². The maximum Gasteiger partial charge on any atom is 0.338 e. The van der Waals surface area contributed by atoms with Crippen molar-refractivity contribution in [1.29, 1.82) is 0 Å². The second-order valence-corrected chi connectivity index (χ2v) is 3.39. The Morgan fingerprint density at radius 3 is 2.88 bits per heavy atom. The van der Waals surface area contributed by atoms with E-state index >= 15 is 0 Å². The summed E-state index contributed by atoms with van der Waals surface area (Å²) >= 11 is 5.44. The van der Waals surface area contributed by atoms with Crippen LogP contribution in [-0.2, 0) is 4.74 Å². The van der Waals surface area contributed by atoms with Crippen LogP contribution in [0.4, 0.5) is 10.1 Å². The van der Waals surface area contributed by atoms with Gasteiger partial charge in [0.15, 0.2) is 0 Å². The van der Waals surface area contributed by atoms with Crippen molar-refractivity contribution in [2.75, 3.05) is 12.5 Å². The molecule has 0 heterocycles. The van der Waals surface area contributed by atoms with Gasteiger partial charge in [-0.1, -0.05) is 0 Å². The summed E-state index contributed by atoms with van der Waals surface area (Å²) in [4.78, 5) is 15.2. The first-order chi connectivity index (χ1) is 8.08. The molecule has 0 aliphatic carbocycles. The highest BCUT2D eigenvalue weighted by molar-refractivity contribution is 6.28. The van der Waals surface area contributed by atoms with E-state index in [-0.39, 0.29) is 29.6 Å². The number of nitrogens with two attached hydrogens (primary N) is 1. The number of hydrogen-bond donors (Lipinski definition) is 1. The van der Waals surface area contributed by atoms with Gasteiger partial charge in [0.2, 0.25) is 0 Å². The van der Waals surface area contributed by atoms with Gasteiger partial charge < -0.3 is 10.5 Å². The van der Waals surface area contributed by atoms with Gasteiger partial charge in [0, 0.05) is 0 Å². The molecule has 0 aliphatic rings. The SMILES string of the molecule is CCOC(=O)c1ccc(F)c(N=C(N)CCl)c1. The molecule has 0 saturated carbocycles. The molecule has 0 bridgehead atoms. The molecule has 0 radical (unpaired) electrons. The van der Waals surface area contributed by atoms with Crippen LogP contribution in [-0.4, -0.2) is 24.3 Å². The van der Waals surface area contributed by atoms with Gasteiger partial charge in [-0.2, -0.15) is 0 Å². The average Bonchev–Trinajstić information content (AvgIpc) is 2.32. The van der Waals surface area contributed by atoms with E-state index in [1.165, 1.54) is 12.1 Å². The Bertz CT molecular complexity index is 449. The third-order valence-corrected chi connectivity index (χ3v) is 2.13. The molecular weight excluding hydrogens is 247 g/mol. The van der Waals surface area contributed by atoms with Gasteiger partial charge in [-0.3, -0.25) is 0 Å². The molecule has 1 aromatic carbocycles. The summed E-state index contributed by atoms with van der Waals surface area (Å²) in [6.07, 6.45) is 0. The number of amidine groups is 1. The Morgan fingerprint density at radius 2 is 2.29 bits per heavy atom. The molecule has 0 aromatic heterocycles. The van der Waals surface area contributed by atoms with Crippen LogP contribution >= 0.6 is 11.6 Å². The predicted molar refractivity (Wildman–Crippen MR) is 64.4 cm³/mol. The predicted octanol–water partition coefficient (Wildman–Crippen LogP) is 2.23. The van der Waals surface area contributed by atoms with Crippen LogP contribution in [0.5, 0.6) is 0 Å². The van der Waals surface area contributed by atoms with Crippen LogP contribution in [0, 0.1) is 5.82 Å². The van der Waals surface area contributed by atoms with E-state index in [4.69, 9.17) is 22.1 Å². The summed E-state index contributed by atoms with van der Waals surface area (Å²) in [5, 5.41) is 0. The second kappa shape index (κ2) is 6.20. The van der Waals surface area contributed by atoms with Crippen LogP contribution in [0.2, 0.25) is 0 Å².